The van der Waals surface area contributed by atoms with E-state index in [-0.39, 0.29) is 73.1 Å². The maximum absolute atomic E-state index is 14.8. The van der Waals surface area contributed by atoms with Crippen LogP contribution in [0.5, 0.6) is 5.75 Å². The summed E-state index contributed by atoms with van der Waals surface area (Å²) in [7, 11) is 2.52. The van der Waals surface area contributed by atoms with E-state index < -0.39 is 114 Å². The summed E-state index contributed by atoms with van der Waals surface area (Å²) in [5.41, 5.74) is 12.3. The van der Waals surface area contributed by atoms with Crippen LogP contribution in [0, 0.1) is 23.7 Å². The molecule has 13 atom stereocenters. The molecule has 75 heavy (non-hydrogen) atoms. The predicted molar refractivity (Wildman–Crippen MR) is 285 cm³/mol. The molecule has 0 bridgehead atoms. The van der Waals surface area contributed by atoms with Gasteiger partial charge in [0.15, 0.2) is 0 Å². The maximum atomic E-state index is 14.8. The van der Waals surface area contributed by atoms with Gasteiger partial charge in [0.2, 0.25) is 47.3 Å². The van der Waals surface area contributed by atoms with E-state index >= 15 is 0 Å². The maximum Gasteiger partial charge on any atom is 0.244 e. The summed E-state index contributed by atoms with van der Waals surface area (Å²) in [5, 5.41) is 56.0. The highest BCUT2D eigenvalue weighted by Gasteiger charge is 2.40. The first kappa shape index (κ1) is 60.2. The summed E-state index contributed by atoms with van der Waals surface area (Å²) in [6.07, 6.45) is 8.19. The summed E-state index contributed by atoms with van der Waals surface area (Å²) in [6, 6.07) is -1.60. The van der Waals surface area contributed by atoms with Crippen LogP contribution in [0.15, 0.2) is 60.3 Å². The summed E-state index contributed by atoms with van der Waals surface area (Å²) in [6.45, 7) is 8.94. The number of phenols is 1. The molecule has 414 valence electrons. The number of nitrogens with two attached hydrogens (primary N) is 2. The third kappa shape index (κ3) is 18.0. The van der Waals surface area contributed by atoms with Crippen molar-refractivity contribution in [2.45, 2.75) is 147 Å². The number of carbonyl (C=O) groups excluding carboxylic acids is 8. The van der Waals surface area contributed by atoms with Gasteiger partial charge in [-0.15, -0.1) is 0 Å². The van der Waals surface area contributed by atoms with Crippen LogP contribution in [0.3, 0.4) is 0 Å². The fraction of sp³-hybridized carbons (Fsp3) is 0.608. The van der Waals surface area contributed by atoms with Gasteiger partial charge < -0.3 is 63.6 Å². The highest BCUT2D eigenvalue weighted by atomic mass is 33.1. The third-order valence-electron chi connectivity index (χ3n) is 13.9. The van der Waals surface area contributed by atoms with Crippen LogP contribution in [0.2, 0.25) is 0 Å². The number of fused-ring (bicyclic) bond motifs is 2. The van der Waals surface area contributed by atoms with E-state index in [0.29, 0.717) is 31.4 Å². The smallest absolute Gasteiger partial charge is 0.244 e. The van der Waals surface area contributed by atoms with Crippen molar-refractivity contribution in [1.29, 1.82) is 0 Å². The first-order valence-corrected chi connectivity index (χ1v) is 28.2. The van der Waals surface area contributed by atoms with Crippen LogP contribution < -0.4 is 54.0 Å². The van der Waals surface area contributed by atoms with Gasteiger partial charge in [-0.05, 0) is 79.8 Å². The van der Waals surface area contributed by atoms with Crippen molar-refractivity contribution in [1.82, 2.24) is 47.4 Å². The number of aliphatic hydroxyl groups excluding tert-OH is 2. The van der Waals surface area contributed by atoms with E-state index in [1.807, 2.05) is 38.2 Å². The minimum absolute atomic E-state index is 0.0220. The number of phenolic OH excluding ortho intramolecular Hbond substituents is 1. The number of allylic oxidation sites excluding steroid dienone is 2. The molecule has 0 aromatic heterocycles. The molecule has 5 rings (SSSR count). The SMILES string of the molecule is CCC(C)[C@H](NC(=O)[C@H](CC1=CNC2C=CC=CC12)NC(=O)[C@@H]1CSSC[C@H](C)C(=O)N2CCC[C@H]2[C@H](O)N[C@@H](Cc2ccc(O)cc2)[C@@H](O)NCC(=O)N[C@@H](CC(C)C)C(=O)N1)C(=O)N[C@@H](CCC(N)=O)C(N)=O. The lowest BCUT2D eigenvalue weighted by Crippen LogP contribution is -2.61. The molecular formula is C51H77N11O11S2. The number of nitrogens with zero attached hydrogens (tertiary/aromatic N) is 1. The Morgan fingerprint density at radius 1 is 0.893 bits per heavy atom. The average molecular weight is 1080 g/mol. The molecule has 0 spiro atoms. The Bertz CT molecular complexity index is 2270. The second-order valence-electron chi connectivity index (χ2n) is 20.2. The van der Waals surface area contributed by atoms with E-state index in [0.717, 1.165) is 5.57 Å². The van der Waals surface area contributed by atoms with E-state index in [9.17, 15) is 53.7 Å². The van der Waals surface area contributed by atoms with E-state index in [1.54, 1.807) is 44.0 Å². The third-order valence-corrected chi connectivity index (χ3v) is 16.4. The molecule has 3 aliphatic heterocycles. The Labute approximate surface area is 446 Å². The number of carbonyl (C=O) groups is 8. The van der Waals surface area contributed by atoms with Crippen LogP contribution in [0.25, 0.3) is 0 Å². The van der Waals surface area contributed by atoms with Gasteiger partial charge in [0, 0.05) is 36.3 Å². The first-order valence-electron chi connectivity index (χ1n) is 25.7. The fourth-order valence-electron chi connectivity index (χ4n) is 9.36. The summed E-state index contributed by atoms with van der Waals surface area (Å²) < 4.78 is 0. The Kier molecular flexibility index (Phi) is 23.3. The number of hydrogen-bond donors (Lipinski definition) is 13. The van der Waals surface area contributed by atoms with Gasteiger partial charge >= 0.3 is 0 Å². The number of rotatable bonds is 18. The highest BCUT2D eigenvalue weighted by Crippen LogP contribution is 2.31. The van der Waals surface area contributed by atoms with Crippen molar-refractivity contribution in [2.24, 2.45) is 35.1 Å². The van der Waals surface area contributed by atoms with Crippen molar-refractivity contribution in [3.8, 4) is 5.75 Å². The second-order valence-corrected chi connectivity index (χ2v) is 22.8. The zero-order valence-electron chi connectivity index (χ0n) is 43.3. The van der Waals surface area contributed by atoms with Crippen molar-refractivity contribution in [3.63, 3.8) is 0 Å². The molecule has 2 fully saturated rings. The molecule has 1 aromatic carbocycles. The normalized spacial score (nSPS) is 27.5. The largest absolute Gasteiger partial charge is 0.508 e. The lowest BCUT2D eigenvalue weighted by Gasteiger charge is -2.35. The molecular weight excluding hydrogens is 1010 g/mol. The van der Waals surface area contributed by atoms with Gasteiger partial charge in [-0.1, -0.05) is 99.1 Å². The monoisotopic (exact) mass is 1080 g/mol. The molecule has 3 heterocycles. The Morgan fingerprint density at radius 3 is 2.28 bits per heavy atom. The van der Waals surface area contributed by atoms with Crippen LogP contribution in [-0.2, 0) is 44.8 Å². The Hall–Kier alpha value is -5.66. The topological polar surface area (TPSA) is 349 Å². The second kappa shape index (κ2) is 29.0. The molecule has 0 radical (unpaired) electrons. The van der Waals surface area contributed by atoms with Gasteiger partial charge in [-0.2, -0.15) is 0 Å². The lowest BCUT2D eigenvalue weighted by atomic mass is 9.87. The number of aromatic hydroxyl groups is 1. The van der Waals surface area contributed by atoms with Gasteiger partial charge in [0.05, 0.1) is 24.7 Å². The molecule has 8 amide bonds. The quantitative estimate of drug-likeness (QED) is 0.0817. The molecule has 4 aliphatic rings. The average Bonchev–Trinajstić information content (AvgIpc) is 4.03. The molecule has 15 N–H and O–H groups in total. The van der Waals surface area contributed by atoms with Crippen LogP contribution in [0.4, 0.5) is 0 Å². The van der Waals surface area contributed by atoms with Gasteiger partial charge in [-0.25, -0.2) is 0 Å². The van der Waals surface area contributed by atoms with Gasteiger partial charge in [0.1, 0.15) is 48.4 Å². The Balaban J connectivity index is 1.43. The van der Waals surface area contributed by atoms with Crippen molar-refractivity contribution < 1.29 is 53.7 Å². The van der Waals surface area contributed by atoms with Crippen molar-refractivity contribution in [2.75, 3.05) is 24.6 Å². The molecule has 24 heteroatoms. The fourth-order valence-corrected chi connectivity index (χ4v) is 11.9. The number of hydrogen-bond acceptors (Lipinski definition) is 16. The van der Waals surface area contributed by atoms with Crippen LogP contribution >= 0.6 is 21.6 Å². The van der Waals surface area contributed by atoms with Gasteiger partial charge in [-0.3, -0.25) is 49.0 Å². The number of benzene rings is 1. The van der Waals surface area contributed by atoms with E-state index in [1.165, 1.54) is 33.7 Å². The Morgan fingerprint density at radius 2 is 1.60 bits per heavy atom. The standard InChI is InChI=1S/C51H77N11O11S2/c1-6-28(4)43(50(72)57-35(44(53)66)17-18-41(52)64)61-47(69)38(22-31-23-54-34-11-8-7-10-33(31)34)58-48(70)39-26-75-74-25-29(5)51(73)62-19-9-12-40(62)49(71)59-37(21-30-13-15-32(63)16-14-30)45(67)55-24-42(65)56-36(20-27(2)3)46(68)60-39/h7-8,10-11,13-16,23,27-29,33-40,43,45,49,54-55,59,63,67,71H,6,9,12,17-22,24-26H2,1-5H3,(H2,52,64)(H2,53,66)(H,56,65)(H,57,72)(H,58,70)(H,60,68)(H,61,69)/t28?,29-,33?,34?,35-,36-,37-,38-,39-,40-,43-,45+,49-/m0/s1. The number of amides is 8. The van der Waals surface area contributed by atoms with Crippen LogP contribution in [0.1, 0.15) is 85.1 Å². The molecule has 1 aromatic rings. The van der Waals surface area contributed by atoms with Crippen molar-refractivity contribution in [3.05, 3.63) is 65.9 Å². The van der Waals surface area contributed by atoms with Gasteiger partial charge in [0.25, 0.3) is 0 Å². The molecule has 2 saturated heterocycles. The molecule has 22 nitrogen and oxygen atoms in total. The lowest BCUT2D eigenvalue weighted by molar-refractivity contribution is -0.138. The number of primary amides is 2. The highest BCUT2D eigenvalue weighted by molar-refractivity contribution is 8.76. The summed E-state index contributed by atoms with van der Waals surface area (Å²) in [4.78, 5) is 111. The first-order chi connectivity index (χ1) is 35.6. The zero-order valence-corrected chi connectivity index (χ0v) is 44.9. The number of nitrogens with one attached hydrogen (secondary N) is 8. The molecule has 3 unspecified atom stereocenters. The number of aliphatic hydroxyl groups is 2. The van der Waals surface area contributed by atoms with E-state index in [2.05, 4.69) is 42.5 Å². The minimum Gasteiger partial charge on any atom is -0.508 e. The summed E-state index contributed by atoms with van der Waals surface area (Å²) in [5.74, 6) is -6.46. The zero-order chi connectivity index (χ0) is 54.9. The van der Waals surface area contributed by atoms with Crippen LogP contribution in [-0.4, -0.2) is 153 Å². The minimum atomic E-state index is -1.43. The molecule has 1 aliphatic carbocycles. The summed E-state index contributed by atoms with van der Waals surface area (Å²) >= 11 is 0. The van der Waals surface area contributed by atoms with Crippen molar-refractivity contribution >= 4 is 68.8 Å². The van der Waals surface area contributed by atoms with E-state index in [4.69, 9.17) is 11.5 Å². The molecule has 0 saturated carbocycles. The predicted octanol–water partition coefficient (Wildman–Crippen LogP) is -0.604.